The summed E-state index contributed by atoms with van der Waals surface area (Å²) in [4.78, 5) is 43.8. The van der Waals surface area contributed by atoms with Gasteiger partial charge in [-0.25, -0.2) is 0 Å². The van der Waals surface area contributed by atoms with Gasteiger partial charge in [-0.05, 0) is 37.3 Å². The quantitative estimate of drug-likeness (QED) is 0.762. The summed E-state index contributed by atoms with van der Waals surface area (Å²) < 4.78 is 0. The second kappa shape index (κ2) is 9.65. The lowest BCUT2D eigenvalue weighted by molar-refractivity contribution is -0.136. The molecule has 2 saturated heterocycles. The number of hydrogen-bond acceptors (Lipinski definition) is 4. The van der Waals surface area contributed by atoms with Crippen molar-refractivity contribution in [2.24, 2.45) is 11.8 Å². The van der Waals surface area contributed by atoms with Gasteiger partial charge in [-0.15, -0.1) is 0 Å². The van der Waals surface area contributed by atoms with Crippen LogP contribution in [0.5, 0.6) is 0 Å². The summed E-state index contributed by atoms with van der Waals surface area (Å²) in [7, 11) is 0. The zero-order valence-corrected chi connectivity index (χ0v) is 19.6. The molecule has 0 aromatic heterocycles. The smallest absolute Gasteiger partial charge is 0.228 e. The van der Waals surface area contributed by atoms with Gasteiger partial charge >= 0.3 is 0 Å². The summed E-state index contributed by atoms with van der Waals surface area (Å²) in [6.07, 6.45) is 0.222. The molecule has 0 spiro atoms. The van der Waals surface area contributed by atoms with Gasteiger partial charge in [-0.2, -0.15) is 0 Å². The van der Waals surface area contributed by atoms with E-state index in [1.54, 1.807) is 17.0 Å². The number of piperazine rings is 1. The molecule has 2 aromatic rings. The van der Waals surface area contributed by atoms with Crippen LogP contribution in [-0.4, -0.2) is 55.3 Å². The summed E-state index contributed by atoms with van der Waals surface area (Å²) in [5, 5.41) is 2.87. The van der Waals surface area contributed by atoms with E-state index in [0.29, 0.717) is 31.0 Å². The number of nitrogens with one attached hydrogen (secondary N) is 1. The van der Waals surface area contributed by atoms with Gasteiger partial charge in [0.2, 0.25) is 17.7 Å². The number of hydrogen-bond donors (Lipinski definition) is 1. The van der Waals surface area contributed by atoms with Crippen molar-refractivity contribution < 1.29 is 14.4 Å². The third kappa shape index (κ3) is 5.18. The normalized spacial score (nSPS) is 18.7. The zero-order valence-electron chi connectivity index (χ0n) is 19.6. The molecule has 0 bridgehead atoms. The van der Waals surface area contributed by atoms with Gasteiger partial charge in [-0.1, -0.05) is 37.6 Å². The summed E-state index contributed by atoms with van der Waals surface area (Å²) in [6, 6.07) is 15.7. The SMILES string of the molecule is Cc1ccc(N2CCN(C(=O)[C@@H]3CC(=O)N(c4cccc(NC(=O)C(C)C)c4)C3)CC2)cc1. The van der Waals surface area contributed by atoms with Crippen molar-refractivity contribution in [2.45, 2.75) is 27.2 Å². The molecular weight excluding hydrogens is 416 g/mol. The molecule has 2 aliphatic heterocycles. The van der Waals surface area contributed by atoms with Crippen molar-refractivity contribution in [1.82, 2.24) is 4.90 Å². The van der Waals surface area contributed by atoms with Crippen LogP contribution < -0.4 is 15.1 Å². The molecule has 2 heterocycles. The maximum atomic E-state index is 13.2. The van der Waals surface area contributed by atoms with E-state index in [0.717, 1.165) is 13.1 Å². The van der Waals surface area contributed by atoms with E-state index < -0.39 is 0 Å². The molecule has 7 heteroatoms. The van der Waals surface area contributed by atoms with Crippen LogP contribution in [-0.2, 0) is 14.4 Å². The zero-order chi connectivity index (χ0) is 23.5. The van der Waals surface area contributed by atoms with Crippen molar-refractivity contribution >= 4 is 34.8 Å². The first-order valence-corrected chi connectivity index (χ1v) is 11.6. The van der Waals surface area contributed by atoms with Crippen LogP contribution in [0.2, 0.25) is 0 Å². The second-order valence-electron chi connectivity index (χ2n) is 9.25. The molecule has 0 saturated carbocycles. The highest BCUT2D eigenvalue weighted by Gasteiger charge is 2.38. The van der Waals surface area contributed by atoms with Gasteiger partial charge in [0.15, 0.2) is 0 Å². The van der Waals surface area contributed by atoms with Crippen molar-refractivity contribution in [1.29, 1.82) is 0 Å². The predicted molar refractivity (Wildman–Crippen MR) is 130 cm³/mol. The van der Waals surface area contributed by atoms with Gasteiger partial charge < -0.3 is 20.0 Å². The number of carbonyl (C=O) groups excluding carboxylic acids is 3. The van der Waals surface area contributed by atoms with Crippen LogP contribution in [0.25, 0.3) is 0 Å². The van der Waals surface area contributed by atoms with Gasteiger partial charge in [-0.3, -0.25) is 14.4 Å². The topological polar surface area (TPSA) is 73.0 Å². The van der Waals surface area contributed by atoms with E-state index in [2.05, 4.69) is 41.4 Å². The highest BCUT2D eigenvalue weighted by molar-refractivity contribution is 6.01. The van der Waals surface area contributed by atoms with E-state index in [4.69, 9.17) is 0 Å². The molecular formula is C26H32N4O3. The first-order chi connectivity index (χ1) is 15.8. The fourth-order valence-corrected chi connectivity index (χ4v) is 4.36. The number of rotatable bonds is 5. The molecule has 3 amide bonds. The van der Waals surface area contributed by atoms with Gasteiger partial charge in [0, 0.05) is 62.1 Å². The summed E-state index contributed by atoms with van der Waals surface area (Å²) >= 11 is 0. The number of nitrogens with zero attached hydrogens (tertiary/aromatic N) is 3. The van der Waals surface area contributed by atoms with E-state index in [1.165, 1.54) is 11.3 Å². The maximum Gasteiger partial charge on any atom is 0.228 e. The molecule has 2 aromatic carbocycles. The lowest BCUT2D eigenvalue weighted by atomic mass is 10.1. The molecule has 0 radical (unpaired) electrons. The molecule has 0 aliphatic carbocycles. The van der Waals surface area contributed by atoms with Gasteiger partial charge in [0.05, 0.1) is 5.92 Å². The van der Waals surface area contributed by atoms with E-state index >= 15 is 0 Å². The van der Waals surface area contributed by atoms with Crippen LogP contribution >= 0.6 is 0 Å². The molecule has 33 heavy (non-hydrogen) atoms. The molecule has 174 valence electrons. The standard InChI is InChI=1S/C26H32N4O3/c1-18(2)25(32)27-21-5-4-6-23(16-21)30-17-20(15-24(30)31)26(33)29-13-11-28(12-14-29)22-9-7-19(3)8-10-22/h4-10,16,18,20H,11-15,17H2,1-3H3,(H,27,32)/t20-/m1/s1. The average Bonchev–Trinajstić information content (AvgIpc) is 3.21. The Morgan fingerprint density at radius 2 is 1.67 bits per heavy atom. The molecule has 1 N–H and O–H groups in total. The minimum absolute atomic E-state index is 0.0543. The van der Waals surface area contributed by atoms with Crippen molar-refractivity contribution in [3.63, 3.8) is 0 Å². The fraction of sp³-hybridized carbons (Fsp3) is 0.423. The molecule has 1 atom stereocenters. The van der Waals surface area contributed by atoms with Gasteiger partial charge in [0.1, 0.15) is 0 Å². The van der Waals surface area contributed by atoms with Gasteiger partial charge in [0.25, 0.3) is 0 Å². The van der Waals surface area contributed by atoms with Crippen molar-refractivity contribution in [3.05, 3.63) is 54.1 Å². The highest BCUT2D eigenvalue weighted by Crippen LogP contribution is 2.29. The molecule has 7 nitrogen and oxygen atoms in total. The molecule has 2 fully saturated rings. The third-order valence-corrected chi connectivity index (χ3v) is 6.41. The maximum absolute atomic E-state index is 13.2. The Balaban J connectivity index is 1.36. The lowest BCUT2D eigenvalue weighted by Gasteiger charge is -2.37. The minimum atomic E-state index is -0.336. The fourth-order valence-electron chi connectivity index (χ4n) is 4.36. The van der Waals surface area contributed by atoms with E-state index in [9.17, 15) is 14.4 Å². The molecule has 2 aliphatic rings. The minimum Gasteiger partial charge on any atom is -0.368 e. The van der Waals surface area contributed by atoms with Crippen LogP contribution in [0.4, 0.5) is 17.1 Å². The second-order valence-corrected chi connectivity index (χ2v) is 9.25. The summed E-state index contributed by atoms with van der Waals surface area (Å²) in [5.41, 5.74) is 3.78. The highest BCUT2D eigenvalue weighted by atomic mass is 16.2. The van der Waals surface area contributed by atoms with E-state index in [-0.39, 0.29) is 36.0 Å². The van der Waals surface area contributed by atoms with Crippen LogP contribution in [0.1, 0.15) is 25.8 Å². The summed E-state index contributed by atoms with van der Waals surface area (Å²) in [6.45, 7) is 9.01. The first-order valence-electron chi connectivity index (χ1n) is 11.6. The number of carbonyl (C=O) groups is 3. The predicted octanol–water partition coefficient (Wildman–Crippen LogP) is 3.29. The Kier molecular flexibility index (Phi) is 6.67. The largest absolute Gasteiger partial charge is 0.368 e. The Morgan fingerprint density at radius 3 is 2.33 bits per heavy atom. The Morgan fingerprint density at radius 1 is 0.970 bits per heavy atom. The number of aryl methyl sites for hydroxylation is 1. The van der Waals surface area contributed by atoms with E-state index in [1.807, 2.05) is 30.9 Å². The molecule has 4 rings (SSSR count). The van der Waals surface area contributed by atoms with Crippen molar-refractivity contribution in [2.75, 3.05) is 47.8 Å². The molecule has 0 unspecified atom stereocenters. The lowest BCUT2D eigenvalue weighted by Crippen LogP contribution is -2.50. The van der Waals surface area contributed by atoms with Crippen LogP contribution in [0.15, 0.2) is 48.5 Å². The van der Waals surface area contributed by atoms with Crippen LogP contribution in [0.3, 0.4) is 0 Å². The third-order valence-electron chi connectivity index (χ3n) is 6.41. The number of anilines is 3. The Hall–Kier alpha value is -3.35. The average molecular weight is 449 g/mol. The van der Waals surface area contributed by atoms with Crippen molar-refractivity contribution in [3.8, 4) is 0 Å². The van der Waals surface area contributed by atoms with Crippen LogP contribution in [0, 0.1) is 18.8 Å². The Labute approximate surface area is 195 Å². The summed E-state index contributed by atoms with van der Waals surface area (Å²) in [5.74, 6) is -0.539. The first kappa shape index (κ1) is 22.8. The number of amides is 3. The number of benzene rings is 2. The Bertz CT molecular complexity index is 1030. The monoisotopic (exact) mass is 448 g/mol.